The topological polar surface area (TPSA) is 77.4 Å². The van der Waals surface area contributed by atoms with Gasteiger partial charge in [-0.05, 0) is 24.3 Å². The Kier molecular flexibility index (Phi) is 7.32. The van der Waals surface area contributed by atoms with E-state index < -0.39 is 53.6 Å². The number of esters is 1. The van der Waals surface area contributed by atoms with Crippen molar-refractivity contribution in [3.8, 4) is 0 Å². The van der Waals surface area contributed by atoms with Gasteiger partial charge in [-0.1, -0.05) is 36.4 Å². The van der Waals surface area contributed by atoms with Crippen molar-refractivity contribution in [2.24, 2.45) is 0 Å². The number of ether oxygens (including phenoxy) is 1. The first-order chi connectivity index (χ1) is 16.3. The van der Waals surface area contributed by atoms with Crippen molar-refractivity contribution in [1.82, 2.24) is 4.57 Å². The Morgan fingerprint density at radius 3 is 2.14 bits per heavy atom. The van der Waals surface area contributed by atoms with Crippen LogP contribution < -0.4 is 10.9 Å². The summed E-state index contributed by atoms with van der Waals surface area (Å²) in [6.07, 6.45) is -10.7. The van der Waals surface area contributed by atoms with Crippen molar-refractivity contribution in [1.29, 1.82) is 0 Å². The second kappa shape index (κ2) is 10.0. The van der Waals surface area contributed by atoms with Crippen LogP contribution in [0.4, 0.5) is 32.0 Å². The molecule has 3 rings (SSSR count). The molecule has 0 aliphatic carbocycles. The van der Waals surface area contributed by atoms with Crippen LogP contribution in [0.2, 0.25) is 0 Å². The molecule has 0 saturated heterocycles. The zero-order valence-electron chi connectivity index (χ0n) is 17.6. The predicted octanol–water partition coefficient (Wildman–Crippen LogP) is 4.81. The van der Waals surface area contributed by atoms with Crippen molar-refractivity contribution in [2.45, 2.75) is 25.0 Å². The van der Waals surface area contributed by atoms with Gasteiger partial charge in [0, 0.05) is 23.5 Å². The fourth-order valence-corrected chi connectivity index (χ4v) is 3.01. The van der Waals surface area contributed by atoms with E-state index in [1.54, 1.807) is 6.07 Å². The monoisotopic (exact) mass is 498 g/mol. The van der Waals surface area contributed by atoms with Gasteiger partial charge >= 0.3 is 18.3 Å². The van der Waals surface area contributed by atoms with Crippen LogP contribution >= 0.6 is 0 Å². The van der Waals surface area contributed by atoms with Crippen LogP contribution in [-0.4, -0.2) is 16.4 Å². The lowest BCUT2D eigenvalue weighted by atomic mass is 10.1. The van der Waals surface area contributed by atoms with E-state index in [0.717, 1.165) is 12.1 Å². The molecular formula is C23H16F6N2O4. The van der Waals surface area contributed by atoms with E-state index in [9.17, 15) is 40.7 Å². The summed E-state index contributed by atoms with van der Waals surface area (Å²) >= 11 is 0. The molecule has 2 aromatic carbocycles. The maximum absolute atomic E-state index is 13.0. The third-order valence-corrected chi connectivity index (χ3v) is 4.66. The highest BCUT2D eigenvalue weighted by molar-refractivity contribution is 5.96. The average molecular weight is 498 g/mol. The van der Waals surface area contributed by atoms with Gasteiger partial charge in [-0.25, -0.2) is 0 Å². The van der Waals surface area contributed by atoms with Gasteiger partial charge in [-0.3, -0.25) is 14.4 Å². The number of anilines is 1. The largest absolute Gasteiger partial charge is 0.446 e. The molecule has 12 heteroatoms. The molecule has 0 radical (unpaired) electrons. The van der Waals surface area contributed by atoms with Gasteiger partial charge in [-0.15, -0.1) is 0 Å². The van der Waals surface area contributed by atoms with Crippen LogP contribution in [0, 0.1) is 0 Å². The van der Waals surface area contributed by atoms with Crippen LogP contribution in [-0.2, 0) is 33.2 Å². The Labute approximate surface area is 193 Å². The molecule has 35 heavy (non-hydrogen) atoms. The number of nitrogens with one attached hydrogen (secondary N) is 1. The zero-order chi connectivity index (χ0) is 25.8. The van der Waals surface area contributed by atoms with Crippen LogP contribution in [0.1, 0.15) is 22.8 Å². The van der Waals surface area contributed by atoms with E-state index in [-0.39, 0.29) is 11.3 Å². The minimum atomic E-state index is -4.77. The maximum atomic E-state index is 13.0. The first kappa shape index (κ1) is 25.5. The standard InChI is InChI=1S/C23H16F6N2O4/c24-22(25,26)15-7-4-8-17(11-15)30-21(34)20(14-5-2-1-3-6-14)35-19(33)13-31-12-16(23(27,28)29)9-10-18(31)32/h1-12,20H,13H2,(H,30,34). The molecule has 1 unspecified atom stereocenters. The summed E-state index contributed by atoms with van der Waals surface area (Å²) in [5, 5.41) is 2.23. The first-order valence-corrected chi connectivity index (χ1v) is 9.85. The molecular weight excluding hydrogens is 482 g/mol. The summed E-state index contributed by atoms with van der Waals surface area (Å²) in [4.78, 5) is 37.2. The summed E-state index contributed by atoms with van der Waals surface area (Å²) in [5.74, 6) is -2.24. The zero-order valence-corrected chi connectivity index (χ0v) is 17.6. The molecule has 1 amide bonds. The number of carbonyl (C=O) groups is 2. The predicted molar refractivity (Wildman–Crippen MR) is 111 cm³/mol. The minimum Gasteiger partial charge on any atom is -0.446 e. The summed E-state index contributed by atoms with van der Waals surface area (Å²) in [6, 6.07) is 12.3. The Morgan fingerprint density at radius 1 is 0.857 bits per heavy atom. The van der Waals surface area contributed by atoms with E-state index in [2.05, 4.69) is 5.32 Å². The maximum Gasteiger partial charge on any atom is 0.417 e. The van der Waals surface area contributed by atoms with E-state index in [1.165, 1.54) is 30.3 Å². The van der Waals surface area contributed by atoms with Crippen molar-refractivity contribution < 1.29 is 40.7 Å². The third kappa shape index (κ3) is 6.71. The lowest BCUT2D eigenvalue weighted by Gasteiger charge is -2.19. The van der Waals surface area contributed by atoms with Gasteiger partial charge in [0.2, 0.25) is 6.10 Å². The molecule has 1 N–H and O–H groups in total. The number of amides is 1. The molecule has 1 atom stereocenters. The number of aromatic nitrogens is 1. The molecule has 3 aromatic rings. The van der Waals surface area contributed by atoms with E-state index >= 15 is 0 Å². The van der Waals surface area contributed by atoms with E-state index in [1.807, 2.05) is 0 Å². The Balaban J connectivity index is 1.83. The fraction of sp³-hybridized carbons (Fsp3) is 0.174. The molecule has 0 aliphatic heterocycles. The summed E-state index contributed by atoms with van der Waals surface area (Å²) in [6.45, 7) is -0.942. The number of nitrogens with zero attached hydrogens (tertiary/aromatic N) is 1. The van der Waals surface area contributed by atoms with Crippen LogP contribution in [0.15, 0.2) is 77.7 Å². The summed E-state index contributed by atoms with van der Waals surface area (Å²) in [5.41, 5.74) is -3.20. The normalized spacial score (nSPS) is 12.6. The van der Waals surface area contributed by atoms with Crippen molar-refractivity contribution in [3.05, 3.63) is 100.0 Å². The number of benzene rings is 2. The quantitative estimate of drug-likeness (QED) is 0.391. The second-order valence-corrected chi connectivity index (χ2v) is 7.23. The van der Waals surface area contributed by atoms with Crippen LogP contribution in [0.25, 0.3) is 0 Å². The fourth-order valence-electron chi connectivity index (χ4n) is 3.01. The molecule has 6 nitrogen and oxygen atoms in total. The molecule has 0 aliphatic rings. The van der Waals surface area contributed by atoms with Gasteiger partial charge in [0.25, 0.3) is 11.5 Å². The number of hydrogen-bond acceptors (Lipinski definition) is 4. The van der Waals surface area contributed by atoms with E-state index in [4.69, 9.17) is 4.74 Å². The van der Waals surface area contributed by atoms with Gasteiger partial charge in [0.05, 0.1) is 11.1 Å². The Morgan fingerprint density at radius 2 is 1.51 bits per heavy atom. The average Bonchev–Trinajstić information content (AvgIpc) is 2.78. The Bertz CT molecular complexity index is 1270. The minimum absolute atomic E-state index is 0.140. The molecule has 0 fully saturated rings. The number of halogens is 6. The summed E-state index contributed by atoms with van der Waals surface area (Å²) < 4.78 is 83.3. The van der Waals surface area contributed by atoms with Gasteiger partial charge < -0.3 is 14.6 Å². The number of hydrogen-bond donors (Lipinski definition) is 1. The molecule has 0 saturated carbocycles. The van der Waals surface area contributed by atoms with Crippen molar-refractivity contribution in [2.75, 3.05) is 5.32 Å². The lowest BCUT2D eigenvalue weighted by molar-refractivity contribution is -0.155. The van der Waals surface area contributed by atoms with Gasteiger partial charge in [0.1, 0.15) is 6.54 Å². The van der Waals surface area contributed by atoms with Crippen LogP contribution in [0.5, 0.6) is 0 Å². The van der Waals surface area contributed by atoms with Crippen LogP contribution in [0.3, 0.4) is 0 Å². The molecule has 1 aromatic heterocycles. The first-order valence-electron chi connectivity index (χ1n) is 9.85. The summed E-state index contributed by atoms with van der Waals surface area (Å²) in [7, 11) is 0. The molecule has 0 spiro atoms. The van der Waals surface area contributed by atoms with Crippen molar-refractivity contribution >= 4 is 17.6 Å². The van der Waals surface area contributed by atoms with Crippen molar-refractivity contribution in [3.63, 3.8) is 0 Å². The highest BCUT2D eigenvalue weighted by atomic mass is 19.4. The molecule has 0 bridgehead atoms. The highest BCUT2D eigenvalue weighted by Crippen LogP contribution is 2.31. The number of carbonyl (C=O) groups excluding carboxylic acids is 2. The smallest absolute Gasteiger partial charge is 0.417 e. The lowest BCUT2D eigenvalue weighted by Crippen LogP contribution is -2.30. The highest BCUT2D eigenvalue weighted by Gasteiger charge is 2.32. The third-order valence-electron chi connectivity index (χ3n) is 4.66. The molecule has 1 heterocycles. The van der Waals surface area contributed by atoms with Gasteiger partial charge in [0.15, 0.2) is 0 Å². The van der Waals surface area contributed by atoms with E-state index in [0.29, 0.717) is 29.0 Å². The molecule has 184 valence electrons. The SMILES string of the molecule is O=C(Cn1cc(C(F)(F)F)ccc1=O)OC(C(=O)Nc1cccc(C(F)(F)F)c1)c1ccccc1. The number of rotatable bonds is 6. The Hall–Kier alpha value is -4.09. The number of pyridine rings is 1. The number of alkyl halides is 6. The second-order valence-electron chi connectivity index (χ2n) is 7.23. The van der Waals surface area contributed by atoms with Gasteiger partial charge in [-0.2, -0.15) is 26.3 Å².